The smallest absolute Gasteiger partial charge is 0.284 e. The summed E-state index contributed by atoms with van der Waals surface area (Å²) in [5.74, 6) is 0.519. The van der Waals surface area contributed by atoms with Crippen molar-refractivity contribution in [2.75, 3.05) is 0 Å². The molecule has 0 aromatic heterocycles. The zero-order valence-electron chi connectivity index (χ0n) is 5.30. The third-order valence-corrected chi connectivity index (χ3v) is 2.07. The molecule has 0 saturated heterocycles. The summed E-state index contributed by atoms with van der Waals surface area (Å²) >= 11 is 16.6. The van der Waals surface area contributed by atoms with Crippen LogP contribution < -0.4 is 4.52 Å². The molecule has 1 aromatic rings. The quantitative estimate of drug-likeness (QED) is 0.682. The Kier molecular flexibility index (Phi) is 3.74. The molecule has 0 atom stereocenters. The first kappa shape index (κ1) is 9.41. The molecule has 1 nitrogen and oxygen atoms in total. The zero-order chi connectivity index (χ0) is 8.27. The van der Waals surface area contributed by atoms with Crippen LogP contribution in [0, 0.1) is 0 Å². The van der Waals surface area contributed by atoms with Crippen LogP contribution in [0.25, 0.3) is 0 Å². The lowest BCUT2D eigenvalue weighted by molar-refractivity contribution is 0.638. The molecule has 0 bridgehead atoms. The molecule has 0 fully saturated rings. The van der Waals surface area contributed by atoms with Gasteiger partial charge in [-0.1, -0.05) is 23.7 Å². The van der Waals surface area contributed by atoms with Crippen molar-refractivity contribution in [3.05, 3.63) is 29.3 Å². The Labute approximate surface area is 80.6 Å². The molecular weight excluding hydrogens is 225 g/mol. The summed E-state index contributed by atoms with van der Waals surface area (Å²) in [6.07, 6.45) is 0. The SMILES string of the molecule is Clc1ccccc1OP(Cl)Cl. The molecule has 1 rings (SSSR count). The summed E-state index contributed by atoms with van der Waals surface area (Å²) < 4.78 is 5.01. The van der Waals surface area contributed by atoms with Crippen LogP contribution in [0.5, 0.6) is 5.75 Å². The third-order valence-electron chi connectivity index (χ3n) is 1.00. The summed E-state index contributed by atoms with van der Waals surface area (Å²) in [4.78, 5) is 0. The standard InChI is InChI=1S/C6H4Cl3OP/c7-5-3-1-2-4-6(5)10-11(8)9/h1-4H. The number of benzene rings is 1. The maximum atomic E-state index is 5.74. The Bertz CT molecular complexity index is 241. The molecule has 0 heterocycles. The first-order valence-corrected chi connectivity index (χ1v) is 6.19. The van der Waals surface area contributed by atoms with Gasteiger partial charge in [-0.05, 0) is 34.6 Å². The summed E-state index contributed by atoms with van der Waals surface area (Å²) in [5.41, 5.74) is 0. The number of rotatable bonds is 2. The molecule has 1 aromatic carbocycles. The molecule has 0 aliphatic rings. The van der Waals surface area contributed by atoms with Gasteiger partial charge in [0.1, 0.15) is 5.75 Å². The average Bonchev–Trinajstić information content (AvgIpc) is 1.93. The van der Waals surface area contributed by atoms with E-state index in [-0.39, 0.29) is 0 Å². The molecule has 0 radical (unpaired) electrons. The van der Waals surface area contributed by atoms with Crippen LogP contribution in [0.4, 0.5) is 0 Å². The molecule has 0 aliphatic carbocycles. The van der Waals surface area contributed by atoms with Crippen LogP contribution in [-0.2, 0) is 0 Å². The van der Waals surface area contributed by atoms with Gasteiger partial charge in [0.15, 0.2) is 0 Å². The molecule has 5 heteroatoms. The number of hydrogen-bond donors (Lipinski definition) is 0. The van der Waals surface area contributed by atoms with E-state index in [4.69, 9.17) is 38.6 Å². The van der Waals surface area contributed by atoms with Gasteiger partial charge in [0.05, 0.1) is 5.02 Å². The lowest BCUT2D eigenvalue weighted by Gasteiger charge is -2.05. The van der Waals surface area contributed by atoms with E-state index in [9.17, 15) is 0 Å². The molecule has 0 spiro atoms. The van der Waals surface area contributed by atoms with Gasteiger partial charge >= 0.3 is 0 Å². The monoisotopic (exact) mass is 228 g/mol. The Morgan fingerprint density at radius 3 is 2.36 bits per heavy atom. The second-order valence-electron chi connectivity index (χ2n) is 1.72. The van der Waals surface area contributed by atoms with E-state index in [0.717, 1.165) is 0 Å². The van der Waals surface area contributed by atoms with Crippen molar-refractivity contribution in [2.45, 2.75) is 0 Å². The highest BCUT2D eigenvalue weighted by atomic mass is 35.9. The summed E-state index contributed by atoms with van der Waals surface area (Å²) in [6.45, 7) is -1.43. The van der Waals surface area contributed by atoms with Crippen LogP contribution in [0.15, 0.2) is 24.3 Å². The van der Waals surface area contributed by atoms with Gasteiger partial charge in [-0.3, -0.25) is 0 Å². The van der Waals surface area contributed by atoms with E-state index in [1.54, 1.807) is 24.3 Å². The third kappa shape index (κ3) is 3.04. The maximum absolute atomic E-state index is 5.74. The predicted molar refractivity (Wildman–Crippen MR) is 50.7 cm³/mol. The van der Waals surface area contributed by atoms with Crippen molar-refractivity contribution >= 4 is 40.9 Å². The van der Waals surface area contributed by atoms with Gasteiger partial charge in [-0.25, -0.2) is 0 Å². The minimum absolute atomic E-state index is 0.515. The Hall–Kier alpha value is 0.320. The fraction of sp³-hybridized carbons (Fsp3) is 0. The summed E-state index contributed by atoms with van der Waals surface area (Å²) in [6, 6.07) is 7.03. The van der Waals surface area contributed by atoms with Crippen LogP contribution >= 0.6 is 40.9 Å². The second-order valence-corrected chi connectivity index (χ2v) is 5.08. The largest absolute Gasteiger partial charge is 0.443 e. The van der Waals surface area contributed by atoms with E-state index < -0.39 is 6.85 Å². The average molecular weight is 229 g/mol. The molecule has 0 N–H and O–H groups in total. The first-order valence-electron chi connectivity index (χ1n) is 2.74. The van der Waals surface area contributed by atoms with Crippen LogP contribution in [-0.4, -0.2) is 0 Å². The van der Waals surface area contributed by atoms with E-state index >= 15 is 0 Å². The van der Waals surface area contributed by atoms with Gasteiger partial charge in [-0.2, -0.15) is 0 Å². The van der Waals surface area contributed by atoms with Crippen molar-refractivity contribution in [2.24, 2.45) is 0 Å². The van der Waals surface area contributed by atoms with Crippen LogP contribution in [0.2, 0.25) is 5.02 Å². The molecule has 0 saturated carbocycles. The lowest BCUT2D eigenvalue weighted by atomic mass is 10.3. The van der Waals surface area contributed by atoms with Crippen molar-refractivity contribution in [1.29, 1.82) is 0 Å². The van der Waals surface area contributed by atoms with Crippen molar-refractivity contribution in [1.82, 2.24) is 0 Å². The van der Waals surface area contributed by atoms with Crippen LogP contribution in [0.1, 0.15) is 0 Å². The van der Waals surface area contributed by atoms with Gasteiger partial charge in [-0.15, -0.1) is 0 Å². The number of para-hydroxylation sites is 1. The Balaban J connectivity index is 2.78. The molecular formula is C6H4Cl3OP. The normalized spacial score (nSPS) is 10.2. The van der Waals surface area contributed by atoms with Gasteiger partial charge < -0.3 is 4.52 Å². The van der Waals surface area contributed by atoms with Crippen molar-refractivity contribution in [3.63, 3.8) is 0 Å². The Morgan fingerprint density at radius 1 is 1.18 bits per heavy atom. The molecule has 0 aliphatic heterocycles. The van der Waals surface area contributed by atoms with Crippen LogP contribution in [0.3, 0.4) is 0 Å². The maximum Gasteiger partial charge on any atom is 0.284 e. The van der Waals surface area contributed by atoms with Crippen molar-refractivity contribution in [3.8, 4) is 5.75 Å². The molecule has 0 amide bonds. The second kappa shape index (κ2) is 4.37. The van der Waals surface area contributed by atoms with Gasteiger partial charge in [0.2, 0.25) is 0 Å². The predicted octanol–water partition coefficient (Wildman–Crippen LogP) is 4.42. The molecule has 0 unspecified atom stereocenters. The summed E-state index contributed by atoms with van der Waals surface area (Å²) in [5, 5.41) is 0.515. The fourth-order valence-electron chi connectivity index (χ4n) is 0.593. The highest BCUT2D eigenvalue weighted by molar-refractivity contribution is 8.00. The molecule has 11 heavy (non-hydrogen) atoms. The fourth-order valence-corrected chi connectivity index (χ4v) is 1.58. The highest BCUT2D eigenvalue weighted by Gasteiger charge is 2.04. The lowest BCUT2D eigenvalue weighted by Crippen LogP contribution is -1.78. The number of hydrogen-bond acceptors (Lipinski definition) is 1. The van der Waals surface area contributed by atoms with Gasteiger partial charge in [0.25, 0.3) is 6.85 Å². The topological polar surface area (TPSA) is 9.23 Å². The first-order chi connectivity index (χ1) is 5.20. The highest BCUT2D eigenvalue weighted by Crippen LogP contribution is 2.49. The Morgan fingerprint density at radius 2 is 1.82 bits per heavy atom. The van der Waals surface area contributed by atoms with E-state index in [1.807, 2.05) is 0 Å². The molecule has 60 valence electrons. The number of halogens is 3. The van der Waals surface area contributed by atoms with Crippen molar-refractivity contribution < 1.29 is 4.52 Å². The zero-order valence-corrected chi connectivity index (χ0v) is 8.46. The minimum atomic E-state index is -1.43. The van der Waals surface area contributed by atoms with E-state index in [1.165, 1.54) is 0 Å². The van der Waals surface area contributed by atoms with E-state index in [0.29, 0.717) is 10.8 Å². The van der Waals surface area contributed by atoms with E-state index in [2.05, 4.69) is 0 Å². The van der Waals surface area contributed by atoms with Gasteiger partial charge in [0, 0.05) is 0 Å². The summed E-state index contributed by atoms with van der Waals surface area (Å²) in [7, 11) is 0. The minimum Gasteiger partial charge on any atom is -0.443 e.